The number of hydrogen-bond acceptors (Lipinski definition) is 3. The quantitative estimate of drug-likeness (QED) is 0.801. The van der Waals surface area contributed by atoms with Gasteiger partial charge >= 0.3 is 0 Å². The zero-order valence-corrected chi connectivity index (χ0v) is 10.6. The molecule has 1 aliphatic rings. The highest BCUT2D eigenvalue weighted by molar-refractivity contribution is 8.17. The van der Waals surface area contributed by atoms with E-state index in [1.54, 1.807) is 7.11 Å². The highest BCUT2D eigenvalue weighted by atomic mass is 32.2. The van der Waals surface area contributed by atoms with Crippen molar-refractivity contribution in [3.05, 3.63) is 29.8 Å². The first-order chi connectivity index (χ1) is 7.38. The molecule has 3 heteroatoms. The Balaban J connectivity index is 1.96. The van der Waals surface area contributed by atoms with Crippen molar-refractivity contribution in [1.29, 1.82) is 0 Å². The molecule has 2 rings (SSSR count). The van der Waals surface area contributed by atoms with Crippen molar-refractivity contribution in [1.82, 2.24) is 0 Å². The summed E-state index contributed by atoms with van der Waals surface area (Å²) in [7, 11) is 1.73. The predicted molar refractivity (Wildman–Crippen MR) is 70.0 cm³/mol. The number of rotatable bonds is 3. The first-order valence-corrected chi connectivity index (χ1v) is 7.34. The molecule has 1 aromatic carbocycles. The average molecular weight is 240 g/mol. The van der Waals surface area contributed by atoms with Crippen LogP contribution in [0.25, 0.3) is 0 Å². The molecule has 1 heterocycles. The van der Waals surface area contributed by atoms with Gasteiger partial charge in [0.1, 0.15) is 5.75 Å². The number of methoxy groups -OCH3 is 1. The van der Waals surface area contributed by atoms with Gasteiger partial charge in [-0.3, -0.25) is 0 Å². The summed E-state index contributed by atoms with van der Waals surface area (Å²) in [5.41, 5.74) is 1.39. The van der Waals surface area contributed by atoms with E-state index in [0.717, 1.165) is 16.8 Å². The van der Waals surface area contributed by atoms with Crippen LogP contribution in [0.4, 0.5) is 0 Å². The molecule has 1 fully saturated rings. The average Bonchev–Trinajstić information content (AvgIpc) is 2.31. The summed E-state index contributed by atoms with van der Waals surface area (Å²) in [6.45, 7) is 0. The standard InChI is InChI=1S/C12H16OS2/c1-13-11-5-2-4-10(8-11)9-12-14-6-3-7-15-12/h2,4-5,8,12H,3,6-7,9H2,1H3. The van der Waals surface area contributed by atoms with Gasteiger partial charge in [-0.25, -0.2) is 0 Å². The lowest BCUT2D eigenvalue weighted by Crippen LogP contribution is -2.09. The number of thioether (sulfide) groups is 2. The van der Waals surface area contributed by atoms with Crippen LogP contribution in [0.3, 0.4) is 0 Å². The van der Waals surface area contributed by atoms with Gasteiger partial charge in [-0.05, 0) is 42.0 Å². The first-order valence-electron chi connectivity index (χ1n) is 5.24. The van der Waals surface area contributed by atoms with Crippen molar-refractivity contribution in [2.75, 3.05) is 18.6 Å². The van der Waals surface area contributed by atoms with E-state index >= 15 is 0 Å². The summed E-state index contributed by atoms with van der Waals surface area (Å²) < 4.78 is 5.97. The number of ether oxygens (including phenoxy) is 1. The van der Waals surface area contributed by atoms with E-state index in [9.17, 15) is 0 Å². The lowest BCUT2D eigenvalue weighted by Gasteiger charge is -2.20. The zero-order valence-electron chi connectivity index (χ0n) is 8.94. The Bertz CT molecular complexity index is 308. The van der Waals surface area contributed by atoms with Gasteiger partial charge in [-0.2, -0.15) is 0 Å². The van der Waals surface area contributed by atoms with Crippen molar-refractivity contribution >= 4 is 23.5 Å². The molecule has 1 aromatic rings. The first kappa shape index (κ1) is 11.2. The molecule has 0 aromatic heterocycles. The monoisotopic (exact) mass is 240 g/mol. The Morgan fingerprint density at radius 1 is 1.33 bits per heavy atom. The lowest BCUT2D eigenvalue weighted by molar-refractivity contribution is 0.414. The molecule has 0 spiro atoms. The Morgan fingerprint density at radius 2 is 2.13 bits per heavy atom. The molecule has 0 aliphatic carbocycles. The molecule has 0 saturated carbocycles. The van der Waals surface area contributed by atoms with Gasteiger partial charge in [0.25, 0.3) is 0 Å². The van der Waals surface area contributed by atoms with Crippen LogP contribution in [0.1, 0.15) is 12.0 Å². The van der Waals surface area contributed by atoms with E-state index in [2.05, 4.69) is 41.7 Å². The maximum atomic E-state index is 5.23. The molecule has 0 radical (unpaired) electrons. The van der Waals surface area contributed by atoms with E-state index < -0.39 is 0 Å². The minimum absolute atomic E-state index is 0.742. The van der Waals surface area contributed by atoms with E-state index in [1.807, 2.05) is 6.07 Å². The molecular formula is C12H16OS2. The molecule has 1 nitrogen and oxygen atoms in total. The van der Waals surface area contributed by atoms with Gasteiger partial charge in [0, 0.05) is 0 Å². The molecular weight excluding hydrogens is 224 g/mol. The summed E-state index contributed by atoms with van der Waals surface area (Å²) in [5.74, 6) is 3.61. The van der Waals surface area contributed by atoms with E-state index in [4.69, 9.17) is 4.74 Å². The number of hydrogen-bond donors (Lipinski definition) is 0. The smallest absolute Gasteiger partial charge is 0.119 e. The third kappa shape index (κ3) is 3.35. The normalized spacial score (nSPS) is 17.7. The highest BCUT2D eigenvalue weighted by Crippen LogP contribution is 2.33. The van der Waals surface area contributed by atoms with Crippen molar-refractivity contribution in [3.8, 4) is 5.75 Å². The Labute approximate surface area is 100.0 Å². The second kappa shape index (κ2) is 5.71. The Morgan fingerprint density at radius 3 is 2.87 bits per heavy atom. The minimum atomic E-state index is 0.742. The van der Waals surface area contributed by atoms with Crippen LogP contribution in [0.2, 0.25) is 0 Å². The largest absolute Gasteiger partial charge is 0.497 e. The third-order valence-corrected chi connectivity index (χ3v) is 5.37. The second-order valence-corrected chi connectivity index (χ2v) is 6.50. The van der Waals surface area contributed by atoms with E-state index in [1.165, 1.54) is 23.5 Å². The van der Waals surface area contributed by atoms with Crippen molar-refractivity contribution in [3.63, 3.8) is 0 Å². The molecule has 1 aliphatic heterocycles. The molecule has 15 heavy (non-hydrogen) atoms. The van der Waals surface area contributed by atoms with Gasteiger partial charge in [-0.1, -0.05) is 12.1 Å². The second-order valence-electron chi connectivity index (χ2n) is 3.58. The summed E-state index contributed by atoms with van der Waals surface area (Å²) in [5, 5.41) is 0. The highest BCUT2D eigenvalue weighted by Gasteiger charge is 2.14. The maximum Gasteiger partial charge on any atom is 0.119 e. The van der Waals surface area contributed by atoms with Crippen LogP contribution in [0.5, 0.6) is 5.75 Å². The van der Waals surface area contributed by atoms with Gasteiger partial charge in [0.15, 0.2) is 0 Å². The predicted octanol–water partition coefficient (Wildman–Crippen LogP) is 3.43. The summed E-state index contributed by atoms with van der Waals surface area (Å²) in [6, 6.07) is 8.42. The van der Waals surface area contributed by atoms with Gasteiger partial charge in [0.05, 0.1) is 11.7 Å². The molecule has 0 N–H and O–H groups in total. The van der Waals surface area contributed by atoms with Crippen LogP contribution >= 0.6 is 23.5 Å². The maximum absolute atomic E-state index is 5.23. The van der Waals surface area contributed by atoms with E-state index in [0.29, 0.717) is 0 Å². The van der Waals surface area contributed by atoms with Crippen LogP contribution in [-0.4, -0.2) is 23.2 Å². The minimum Gasteiger partial charge on any atom is -0.497 e. The fourth-order valence-electron chi connectivity index (χ4n) is 1.65. The van der Waals surface area contributed by atoms with Crippen LogP contribution in [0.15, 0.2) is 24.3 Å². The SMILES string of the molecule is COc1cccc(CC2SCCCS2)c1. The van der Waals surface area contributed by atoms with Crippen molar-refractivity contribution in [2.45, 2.75) is 17.4 Å². The Hall–Kier alpha value is -0.280. The molecule has 0 bridgehead atoms. The summed E-state index contributed by atoms with van der Waals surface area (Å²) in [6.07, 6.45) is 2.52. The Kier molecular flexibility index (Phi) is 4.27. The molecule has 0 atom stereocenters. The van der Waals surface area contributed by atoms with Crippen molar-refractivity contribution in [2.24, 2.45) is 0 Å². The van der Waals surface area contributed by atoms with E-state index in [-0.39, 0.29) is 0 Å². The van der Waals surface area contributed by atoms with Crippen molar-refractivity contribution < 1.29 is 4.74 Å². The summed E-state index contributed by atoms with van der Waals surface area (Å²) >= 11 is 4.19. The van der Waals surface area contributed by atoms with Gasteiger partial charge in [-0.15, -0.1) is 23.5 Å². The molecule has 0 amide bonds. The third-order valence-electron chi connectivity index (χ3n) is 2.43. The van der Waals surface area contributed by atoms with Gasteiger partial charge in [0.2, 0.25) is 0 Å². The topological polar surface area (TPSA) is 9.23 Å². The van der Waals surface area contributed by atoms with Crippen LogP contribution in [-0.2, 0) is 6.42 Å². The number of benzene rings is 1. The molecule has 1 saturated heterocycles. The summed E-state index contributed by atoms with van der Waals surface area (Å²) in [4.78, 5) is 0. The molecule has 0 unspecified atom stereocenters. The fourth-order valence-corrected chi connectivity index (χ4v) is 4.56. The molecule has 82 valence electrons. The van der Waals surface area contributed by atoms with Crippen LogP contribution in [0, 0.1) is 0 Å². The van der Waals surface area contributed by atoms with Crippen LogP contribution < -0.4 is 4.74 Å². The zero-order chi connectivity index (χ0) is 10.5. The fraction of sp³-hybridized carbons (Fsp3) is 0.500. The lowest BCUT2D eigenvalue weighted by atomic mass is 10.2. The van der Waals surface area contributed by atoms with Gasteiger partial charge < -0.3 is 4.74 Å².